The molecule has 1 aromatic rings. The predicted octanol–water partition coefficient (Wildman–Crippen LogP) is 2.51. The quantitative estimate of drug-likeness (QED) is 0.774. The number of hydrogen-bond acceptors (Lipinski definition) is 4. The fourth-order valence-corrected chi connectivity index (χ4v) is 9.44. The number of aliphatic imine (C=N–C) groups is 1. The highest BCUT2D eigenvalue weighted by Crippen LogP contribution is 2.51. The smallest absolute Gasteiger partial charge is 0.252 e. The van der Waals surface area contributed by atoms with E-state index in [4.69, 9.17) is 0 Å². The Bertz CT molecular complexity index is 884. The molecule has 2 aliphatic heterocycles. The third-order valence-corrected chi connectivity index (χ3v) is 9.81. The van der Waals surface area contributed by atoms with Gasteiger partial charge in [0.15, 0.2) is 15.0 Å². The lowest BCUT2D eigenvalue weighted by atomic mass is 9.93. The van der Waals surface area contributed by atoms with Crippen molar-refractivity contribution in [1.29, 1.82) is 0 Å². The zero-order valence-corrected chi connectivity index (χ0v) is 16.8. The van der Waals surface area contributed by atoms with E-state index in [0.29, 0.717) is 18.4 Å². The Labute approximate surface area is 164 Å². The van der Waals surface area contributed by atoms with Crippen LogP contribution in [-0.4, -0.2) is 53.2 Å². The Hall–Kier alpha value is -1.34. The van der Waals surface area contributed by atoms with E-state index in [9.17, 15) is 13.2 Å². The average molecular weight is 405 g/mol. The van der Waals surface area contributed by atoms with E-state index in [1.54, 1.807) is 0 Å². The summed E-state index contributed by atoms with van der Waals surface area (Å²) in [5.74, 6) is 1.69. The number of sulfone groups is 1. The van der Waals surface area contributed by atoms with Gasteiger partial charge in [-0.1, -0.05) is 48.5 Å². The maximum Gasteiger partial charge on any atom is 0.252 e. The van der Waals surface area contributed by atoms with E-state index in [1.807, 2.05) is 30.3 Å². The first-order valence-corrected chi connectivity index (χ1v) is 12.5. The fraction of sp³-hybridized carbons (Fsp3) is 0.600. The lowest BCUT2D eigenvalue weighted by Gasteiger charge is -2.36. The normalized spacial score (nSPS) is 37.9. The standard InChI is InChI=1S/C20H24N2O3S2/c23-19(10-13-4-2-1-3-5-13)21-20-22(16-9-14-6-7-15(16)8-14)17-11-27(24,25)12-18(17)26-20/h1-5,14-18H,6-12H2/t14-,15-,16-,17+,18-/m1/s1. The minimum atomic E-state index is -2.98. The van der Waals surface area contributed by atoms with Gasteiger partial charge in [0.25, 0.3) is 5.91 Å². The van der Waals surface area contributed by atoms with Crippen molar-refractivity contribution in [1.82, 2.24) is 4.90 Å². The molecule has 0 aromatic heterocycles. The maximum atomic E-state index is 12.6. The first-order chi connectivity index (χ1) is 13.0. The van der Waals surface area contributed by atoms with Crippen molar-refractivity contribution in [3.63, 3.8) is 0 Å². The van der Waals surface area contributed by atoms with Crippen LogP contribution >= 0.6 is 11.8 Å². The van der Waals surface area contributed by atoms with Crippen molar-refractivity contribution < 1.29 is 13.2 Å². The number of benzene rings is 1. The van der Waals surface area contributed by atoms with Crippen LogP contribution in [0.2, 0.25) is 0 Å². The zero-order valence-electron chi connectivity index (χ0n) is 15.2. The maximum absolute atomic E-state index is 12.6. The molecule has 2 saturated carbocycles. The first kappa shape index (κ1) is 17.7. The Balaban J connectivity index is 1.41. The van der Waals surface area contributed by atoms with Crippen LogP contribution in [0.4, 0.5) is 0 Å². The van der Waals surface area contributed by atoms with Crippen LogP contribution in [0.5, 0.6) is 0 Å². The van der Waals surface area contributed by atoms with Gasteiger partial charge in [-0.3, -0.25) is 4.79 Å². The predicted molar refractivity (Wildman–Crippen MR) is 107 cm³/mol. The van der Waals surface area contributed by atoms with E-state index in [2.05, 4.69) is 9.89 Å². The number of fused-ring (bicyclic) bond motifs is 3. The second-order valence-corrected chi connectivity index (χ2v) is 11.8. The number of nitrogens with zero attached hydrogens (tertiary/aromatic N) is 2. The average Bonchev–Trinajstić information content (AvgIpc) is 3.35. The van der Waals surface area contributed by atoms with Crippen LogP contribution in [0.3, 0.4) is 0 Å². The molecule has 5 atom stereocenters. The molecular formula is C20H24N2O3S2. The van der Waals surface area contributed by atoms with Gasteiger partial charge in [-0.2, -0.15) is 4.99 Å². The van der Waals surface area contributed by atoms with Gasteiger partial charge < -0.3 is 4.90 Å². The Morgan fingerprint density at radius 3 is 2.63 bits per heavy atom. The molecular weight excluding hydrogens is 380 g/mol. The SMILES string of the molecule is O=C(Cc1ccccc1)N=C1S[C@@H]2CS(=O)(=O)C[C@@H]2N1[C@@H]1C[C@@H]2CC[C@@H]1C2. The van der Waals surface area contributed by atoms with Gasteiger partial charge in [0.1, 0.15) is 0 Å². The van der Waals surface area contributed by atoms with Crippen LogP contribution in [-0.2, 0) is 21.1 Å². The lowest BCUT2D eigenvalue weighted by molar-refractivity contribution is -0.117. The number of amides is 1. The van der Waals surface area contributed by atoms with Gasteiger partial charge in [-0.15, -0.1) is 0 Å². The van der Waals surface area contributed by atoms with Crippen LogP contribution in [0.1, 0.15) is 31.2 Å². The highest BCUT2D eigenvalue weighted by atomic mass is 32.2. The molecule has 144 valence electrons. The minimum absolute atomic E-state index is 0.00683. The summed E-state index contributed by atoms with van der Waals surface area (Å²) >= 11 is 1.52. The summed E-state index contributed by atoms with van der Waals surface area (Å²) in [6, 6.07) is 10.0. The lowest BCUT2D eigenvalue weighted by Crippen LogP contribution is -2.47. The molecule has 0 radical (unpaired) electrons. The van der Waals surface area contributed by atoms with Crippen molar-refractivity contribution in [3.05, 3.63) is 35.9 Å². The Morgan fingerprint density at radius 2 is 1.93 bits per heavy atom. The zero-order chi connectivity index (χ0) is 18.6. The number of carbonyl (C=O) groups is 1. The second-order valence-electron chi connectivity index (χ2n) is 8.40. The summed E-state index contributed by atoms with van der Waals surface area (Å²) in [6.07, 6.45) is 5.20. The molecule has 2 heterocycles. The highest BCUT2D eigenvalue weighted by Gasteiger charge is 2.54. The molecule has 4 fully saturated rings. The molecule has 5 nitrogen and oxygen atoms in total. The van der Waals surface area contributed by atoms with E-state index in [0.717, 1.165) is 23.1 Å². The summed E-state index contributed by atoms with van der Waals surface area (Å²) in [5, 5.41) is 0.802. The number of amidine groups is 1. The highest BCUT2D eigenvalue weighted by molar-refractivity contribution is 8.15. The molecule has 4 aliphatic rings. The third kappa shape index (κ3) is 3.33. The third-order valence-electron chi connectivity index (χ3n) is 6.58. The van der Waals surface area contributed by atoms with E-state index < -0.39 is 9.84 Å². The molecule has 2 aliphatic carbocycles. The molecule has 2 bridgehead atoms. The number of carbonyl (C=O) groups excluding carboxylic acids is 1. The van der Waals surface area contributed by atoms with Crippen molar-refractivity contribution in [2.75, 3.05) is 11.5 Å². The van der Waals surface area contributed by atoms with Gasteiger partial charge >= 0.3 is 0 Å². The van der Waals surface area contributed by atoms with Crippen LogP contribution in [0.15, 0.2) is 35.3 Å². The van der Waals surface area contributed by atoms with Crippen molar-refractivity contribution >= 4 is 32.7 Å². The minimum Gasteiger partial charge on any atom is -0.343 e. The Kier molecular flexibility index (Phi) is 4.35. The first-order valence-electron chi connectivity index (χ1n) is 9.79. The molecule has 2 saturated heterocycles. The summed E-state index contributed by atoms with van der Waals surface area (Å²) in [7, 11) is -2.98. The number of thioether (sulfide) groups is 1. The van der Waals surface area contributed by atoms with E-state index >= 15 is 0 Å². The largest absolute Gasteiger partial charge is 0.343 e. The monoisotopic (exact) mass is 404 g/mol. The van der Waals surface area contributed by atoms with Gasteiger partial charge in [0.05, 0.1) is 24.0 Å². The summed E-state index contributed by atoms with van der Waals surface area (Å²) < 4.78 is 24.4. The molecule has 0 unspecified atom stereocenters. The number of hydrogen-bond donors (Lipinski definition) is 0. The van der Waals surface area contributed by atoms with Crippen molar-refractivity contribution in [3.8, 4) is 0 Å². The van der Waals surface area contributed by atoms with Crippen LogP contribution in [0.25, 0.3) is 0 Å². The molecule has 27 heavy (non-hydrogen) atoms. The van der Waals surface area contributed by atoms with Gasteiger partial charge in [0, 0.05) is 11.3 Å². The Morgan fingerprint density at radius 1 is 1.11 bits per heavy atom. The van der Waals surface area contributed by atoms with Crippen LogP contribution in [0, 0.1) is 11.8 Å². The molecule has 7 heteroatoms. The molecule has 1 aromatic carbocycles. The van der Waals surface area contributed by atoms with Crippen LogP contribution < -0.4 is 0 Å². The van der Waals surface area contributed by atoms with E-state index in [1.165, 1.54) is 31.0 Å². The summed E-state index contributed by atoms with van der Waals surface area (Å²) in [6.45, 7) is 0. The van der Waals surface area contributed by atoms with Crippen molar-refractivity contribution in [2.24, 2.45) is 16.8 Å². The van der Waals surface area contributed by atoms with Gasteiger partial charge in [0.2, 0.25) is 0 Å². The second kappa shape index (κ2) is 6.62. The summed E-state index contributed by atoms with van der Waals surface area (Å²) in [5.41, 5.74) is 0.962. The molecule has 0 N–H and O–H groups in total. The van der Waals surface area contributed by atoms with Crippen molar-refractivity contribution in [2.45, 2.75) is 49.4 Å². The van der Waals surface area contributed by atoms with Gasteiger partial charge in [-0.05, 0) is 36.7 Å². The van der Waals surface area contributed by atoms with Gasteiger partial charge in [-0.25, -0.2) is 8.42 Å². The topological polar surface area (TPSA) is 66.8 Å². The van der Waals surface area contributed by atoms with E-state index in [-0.39, 0.29) is 28.7 Å². The number of rotatable bonds is 3. The summed E-state index contributed by atoms with van der Waals surface area (Å²) in [4.78, 5) is 19.3. The molecule has 5 rings (SSSR count). The fourth-order valence-electron chi connectivity index (χ4n) is 5.45. The molecule has 1 amide bonds. The molecule has 0 spiro atoms.